The standard InChI is InChI=1S/C22H26F4/c1-3-5-7-9-11-13-15-17-19(23)21(25)18(22(26)20(17)24)16-14-12-10-8-6-4-2/h3-12H2,1-2H3. The lowest BCUT2D eigenvalue weighted by molar-refractivity contribution is 0.447. The first kappa shape index (κ1) is 22.1. The molecule has 1 aromatic carbocycles. The van der Waals surface area contributed by atoms with Gasteiger partial charge in [-0.3, -0.25) is 0 Å². The average molecular weight is 366 g/mol. The van der Waals surface area contributed by atoms with E-state index in [0.29, 0.717) is 12.8 Å². The minimum absolute atomic E-state index is 0.432. The van der Waals surface area contributed by atoms with Gasteiger partial charge in [0.05, 0.1) is 0 Å². The van der Waals surface area contributed by atoms with E-state index in [9.17, 15) is 17.6 Å². The molecule has 0 aliphatic heterocycles. The van der Waals surface area contributed by atoms with Crippen molar-refractivity contribution in [3.8, 4) is 23.7 Å². The summed E-state index contributed by atoms with van der Waals surface area (Å²) in [5.41, 5.74) is -1.71. The van der Waals surface area contributed by atoms with E-state index in [0.717, 1.165) is 51.4 Å². The summed E-state index contributed by atoms with van der Waals surface area (Å²) in [6, 6.07) is 0. The Bertz CT molecular complexity index is 609. The largest absolute Gasteiger partial charge is 0.202 e. The molecule has 0 spiro atoms. The summed E-state index contributed by atoms with van der Waals surface area (Å²) in [4.78, 5) is 0. The van der Waals surface area contributed by atoms with E-state index in [1.54, 1.807) is 0 Å². The Kier molecular flexibility index (Phi) is 10.6. The molecule has 0 aliphatic rings. The van der Waals surface area contributed by atoms with Gasteiger partial charge in [0.15, 0.2) is 23.3 Å². The number of hydrogen-bond acceptors (Lipinski definition) is 0. The lowest BCUT2D eigenvalue weighted by Gasteiger charge is -2.04. The molecular weight excluding hydrogens is 340 g/mol. The van der Waals surface area contributed by atoms with Crippen molar-refractivity contribution in [3.63, 3.8) is 0 Å². The Hall–Kier alpha value is -1.94. The SMILES string of the molecule is CCCCCCC#Cc1c(F)c(F)c(C#CCCCCCC)c(F)c1F. The second-order valence-electron chi connectivity index (χ2n) is 6.23. The Labute approximate surface area is 154 Å². The number of halogens is 4. The Morgan fingerprint density at radius 2 is 0.885 bits per heavy atom. The molecule has 0 nitrogen and oxygen atoms in total. The molecular formula is C22H26F4. The molecule has 0 unspecified atom stereocenters. The summed E-state index contributed by atoms with van der Waals surface area (Å²) >= 11 is 0. The Morgan fingerprint density at radius 1 is 0.538 bits per heavy atom. The van der Waals surface area contributed by atoms with Crippen molar-refractivity contribution in [2.24, 2.45) is 0 Å². The van der Waals surface area contributed by atoms with Gasteiger partial charge in [-0.05, 0) is 12.8 Å². The number of rotatable bonds is 8. The van der Waals surface area contributed by atoms with E-state index >= 15 is 0 Å². The van der Waals surface area contributed by atoms with Gasteiger partial charge in [-0.1, -0.05) is 76.1 Å². The van der Waals surface area contributed by atoms with Crippen molar-refractivity contribution in [1.29, 1.82) is 0 Å². The molecule has 0 N–H and O–H groups in total. The van der Waals surface area contributed by atoms with Crippen LogP contribution in [-0.2, 0) is 0 Å². The summed E-state index contributed by atoms with van der Waals surface area (Å²) in [7, 11) is 0. The van der Waals surface area contributed by atoms with E-state index in [4.69, 9.17) is 0 Å². The maximum atomic E-state index is 14.1. The first-order valence-electron chi connectivity index (χ1n) is 9.38. The van der Waals surface area contributed by atoms with Gasteiger partial charge in [-0.15, -0.1) is 0 Å². The normalized spacial score (nSPS) is 10.1. The third kappa shape index (κ3) is 6.75. The lowest BCUT2D eigenvalue weighted by Crippen LogP contribution is -2.04. The molecule has 0 aromatic heterocycles. The minimum Gasteiger partial charge on any atom is -0.202 e. The summed E-state index contributed by atoms with van der Waals surface area (Å²) in [5, 5.41) is 0. The fraction of sp³-hybridized carbons (Fsp3) is 0.545. The topological polar surface area (TPSA) is 0 Å². The van der Waals surface area contributed by atoms with Crippen LogP contribution in [0.5, 0.6) is 0 Å². The van der Waals surface area contributed by atoms with E-state index in [1.165, 1.54) is 0 Å². The molecule has 4 heteroatoms. The van der Waals surface area contributed by atoms with Crippen molar-refractivity contribution in [1.82, 2.24) is 0 Å². The van der Waals surface area contributed by atoms with Gasteiger partial charge in [0.1, 0.15) is 11.1 Å². The minimum atomic E-state index is -1.47. The van der Waals surface area contributed by atoms with Crippen LogP contribution >= 0.6 is 0 Å². The van der Waals surface area contributed by atoms with E-state index in [1.807, 2.05) is 0 Å². The van der Waals surface area contributed by atoms with Gasteiger partial charge in [0.25, 0.3) is 0 Å². The Morgan fingerprint density at radius 3 is 1.19 bits per heavy atom. The molecule has 0 aliphatic carbocycles. The molecule has 0 heterocycles. The summed E-state index contributed by atoms with van der Waals surface area (Å²) < 4.78 is 56.2. The highest BCUT2D eigenvalue weighted by Gasteiger charge is 2.23. The average Bonchev–Trinajstić information content (AvgIpc) is 2.64. The van der Waals surface area contributed by atoms with Crippen LogP contribution in [0.4, 0.5) is 17.6 Å². The van der Waals surface area contributed by atoms with Gasteiger partial charge in [-0.25, -0.2) is 17.6 Å². The molecule has 0 saturated heterocycles. The molecule has 1 aromatic rings. The van der Waals surface area contributed by atoms with Crippen molar-refractivity contribution in [2.75, 3.05) is 0 Å². The first-order valence-corrected chi connectivity index (χ1v) is 9.38. The second kappa shape index (κ2) is 12.4. The Balaban J connectivity index is 2.89. The second-order valence-corrected chi connectivity index (χ2v) is 6.23. The van der Waals surface area contributed by atoms with Gasteiger partial charge < -0.3 is 0 Å². The zero-order chi connectivity index (χ0) is 19.4. The fourth-order valence-electron chi connectivity index (χ4n) is 2.43. The van der Waals surface area contributed by atoms with Gasteiger partial charge in [0.2, 0.25) is 0 Å². The maximum Gasteiger partial charge on any atom is 0.178 e. The van der Waals surface area contributed by atoms with Crippen LogP contribution < -0.4 is 0 Å². The van der Waals surface area contributed by atoms with Crippen LogP contribution in [0.15, 0.2) is 0 Å². The van der Waals surface area contributed by atoms with Crippen LogP contribution in [0.1, 0.15) is 89.2 Å². The highest BCUT2D eigenvalue weighted by atomic mass is 19.2. The zero-order valence-corrected chi connectivity index (χ0v) is 15.6. The van der Waals surface area contributed by atoms with Crippen LogP contribution in [0.25, 0.3) is 0 Å². The van der Waals surface area contributed by atoms with Gasteiger partial charge >= 0.3 is 0 Å². The number of unbranched alkanes of at least 4 members (excludes halogenated alkanes) is 8. The zero-order valence-electron chi connectivity index (χ0n) is 15.6. The molecule has 0 radical (unpaired) electrons. The highest BCUT2D eigenvalue weighted by Crippen LogP contribution is 2.23. The highest BCUT2D eigenvalue weighted by molar-refractivity contribution is 5.46. The van der Waals surface area contributed by atoms with Crippen molar-refractivity contribution in [3.05, 3.63) is 34.4 Å². The van der Waals surface area contributed by atoms with Crippen LogP contribution in [-0.4, -0.2) is 0 Å². The van der Waals surface area contributed by atoms with Crippen molar-refractivity contribution < 1.29 is 17.6 Å². The quantitative estimate of drug-likeness (QED) is 0.203. The molecule has 0 amide bonds. The molecule has 0 saturated carbocycles. The van der Waals surface area contributed by atoms with E-state index < -0.39 is 34.4 Å². The first-order chi connectivity index (χ1) is 12.5. The van der Waals surface area contributed by atoms with Crippen molar-refractivity contribution in [2.45, 2.75) is 78.1 Å². The molecule has 0 bridgehead atoms. The summed E-state index contributed by atoms with van der Waals surface area (Å²) in [6.45, 7) is 4.13. The van der Waals surface area contributed by atoms with Crippen LogP contribution in [0, 0.1) is 47.0 Å². The summed E-state index contributed by atoms with van der Waals surface area (Å²) in [6.07, 6.45) is 8.61. The maximum absolute atomic E-state index is 14.1. The molecule has 26 heavy (non-hydrogen) atoms. The van der Waals surface area contributed by atoms with E-state index in [-0.39, 0.29) is 0 Å². The van der Waals surface area contributed by atoms with Crippen LogP contribution in [0.2, 0.25) is 0 Å². The summed E-state index contributed by atoms with van der Waals surface area (Å²) in [5.74, 6) is 3.75. The molecule has 0 atom stereocenters. The third-order valence-corrected chi connectivity index (χ3v) is 4.00. The molecule has 142 valence electrons. The molecule has 0 fully saturated rings. The predicted molar refractivity (Wildman–Crippen MR) is 97.5 cm³/mol. The van der Waals surface area contributed by atoms with Crippen LogP contribution in [0.3, 0.4) is 0 Å². The third-order valence-electron chi connectivity index (χ3n) is 4.00. The van der Waals surface area contributed by atoms with E-state index in [2.05, 4.69) is 37.5 Å². The smallest absolute Gasteiger partial charge is 0.178 e. The lowest BCUT2D eigenvalue weighted by atomic mass is 10.1. The number of benzene rings is 1. The fourth-order valence-corrected chi connectivity index (χ4v) is 2.43. The van der Waals surface area contributed by atoms with Gasteiger partial charge in [-0.2, -0.15) is 0 Å². The number of hydrogen-bond donors (Lipinski definition) is 0. The molecule has 1 rings (SSSR count). The van der Waals surface area contributed by atoms with Crippen molar-refractivity contribution >= 4 is 0 Å². The predicted octanol–water partition coefficient (Wildman–Crippen LogP) is 6.89. The monoisotopic (exact) mass is 366 g/mol. The van der Waals surface area contributed by atoms with Gasteiger partial charge in [0, 0.05) is 12.8 Å².